The van der Waals surface area contributed by atoms with Crippen molar-refractivity contribution in [3.8, 4) is 0 Å². The van der Waals surface area contributed by atoms with E-state index in [2.05, 4.69) is 15.6 Å². The fraction of sp³-hybridized carbons (Fsp3) is 0.538. The maximum absolute atomic E-state index is 12.2. The Morgan fingerprint density at radius 1 is 1.53 bits per heavy atom. The van der Waals surface area contributed by atoms with E-state index >= 15 is 0 Å². The number of aryl methyl sites for hydroxylation is 1. The largest absolute Gasteiger partial charge is 0.324 e. The van der Waals surface area contributed by atoms with Gasteiger partial charge in [-0.25, -0.2) is 0 Å². The summed E-state index contributed by atoms with van der Waals surface area (Å²) in [5, 5.41) is 6.48. The minimum Gasteiger partial charge on any atom is -0.324 e. The summed E-state index contributed by atoms with van der Waals surface area (Å²) in [7, 11) is 0. The highest BCUT2D eigenvalue weighted by Crippen LogP contribution is 2.33. The third-order valence-electron chi connectivity index (χ3n) is 3.90. The maximum atomic E-state index is 12.2. The van der Waals surface area contributed by atoms with Gasteiger partial charge in [0.1, 0.15) is 0 Å². The molecule has 2 aliphatic heterocycles. The number of aromatic nitrogens is 1. The zero-order valence-electron chi connectivity index (χ0n) is 9.94. The first-order valence-electron chi connectivity index (χ1n) is 6.22. The first kappa shape index (κ1) is 10.7. The molecule has 0 aliphatic carbocycles. The van der Waals surface area contributed by atoms with Crippen molar-refractivity contribution in [3.05, 3.63) is 24.0 Å². The number of anilines is 1. The summed E-state index contributed by atoms with van der Waals surface area (Å²) >= 11 is 0. The summed E-state index contributed by atoms with van der Waals surface area (Å²) in [4.78, 5) is 16.4. The summed E-state index contributed by atoms with van der Waals surface area (Å²) in [6, 6.07) is 4.70. The molecule has 2 bridgehead atoms. The number of hydrogen-bond donors (Lipinski definition) is 2. The number of carbonyl (C=O) groups excluding carboxylic acids is 1. The molecule has 1 aromatic rings. The highest BCUT2D eigenvalue weighted by Gasteiger charge is 2.42. The molecule has 4 nitrogen and oxygen atoms in total. The topological polar surface area (TPSA) is 54.0 Å². The second-order valence-corrected chi connectivity index (χ2v) is 5.02. The van der Waals surface area contributed by atoms with Crippen LogP contribution in [0.15, 0.2) is 18.3 Å². The van der Waals surface area contributed by atoms with Crippen LogP contribution in [-0.4, -0.2) is 23.0 Å². The van der Waals surface area contributed by atoms with Crippen molar-refractivity contribution in [2.24, 2.45) is 5.92 Å². The van der Waals surface area contributed by atoms with Gasteiger partial charge in [-0.3, -0.25) is 9.78 Å². The van der Waals surface area contributed by atoms with Crippen molar-refractivity contribution in [3.63, 3.8) is 0 Å². The number of carbonyl (C=O) groups is 1. The molecule has 3 unspecified atom stereocenters. The molecule has 2 saturated heterocycles. The van der Waals surface area contributed by atoms with E-state index in [0.717, 1.165) is 24.2 Å². The Bertz CT molecular complexity index is 446. The van der Waals surface area contributed by atoms with Gasteiger partial charge in [0, 0.05) is 18.3 Å². The predicted octanol–water partition coefficient (Wildman–Crippen LogP) is 1.47. The van der Waals surface area contributed by atoms with Gasteiger partial charge in [0.15, 0.2) is 0 Å². The van der Waals surface area contributed by atoms with Gasteiger partial charge in [0.2, 0.25) is 5.91 Å². The van der Waals surface area contributed by atoms with Crippen molar-refractivity contribution < 1.29 is 4.79 Å². The van der Waals surface area contributed by atoms with Gasteiger partial charge in [-0.1, -0.05) is 0 Å². The number of pyridine rings is 1. The van der Waals surface area contributed by atoms with Crippen LogP contribution in [0.2, 0.25) is 0 Å². The van der Waals surface area contributed by atoms with Crippen LogP contribution in [0, 0.1) is 12.8 Å². The highest BCUT2D eigenvalue weighted by atomic mass is 16.2. The van der Waals surface area contributed by atoms with E-state index in [-0.39, 0.29) is 11.8 Å². The van der Waals surface area contributed by atoms with E-state index in [4.69, 9.17) is 0 Å². The molecule has 17 heavy (non-hydrogen) atoms. The zero-order valence-corrected chi connectivity index (χ0v) is 9.94. The number of rotatable bonds is 2. The number of fused-ring (bicyclic) bond motifs is 2. The van der Waals surface area contributed by atoms with E-state index in [9.17, 15) is 4.79 Å². The van der Waals surface area contributed by atoms with E-state index in [1.807, 2.05) is 19.1 Å². The average Bonchev–Trinajstić information content (AvgIpc) is 2.94. The van der Waals surface area contributed by atoms with Crippen LogP contribution in [0.1, 0.15) is 25.0 Å². The standard InChI is InChI=1S/C13H17N3O/c1-8-11(3-2-6-14-8)16-13(17)10-7-9-4-5-12(10)15-9/h2-3,6,9-10,12,15H,4-5,7H2,1H3,(H,16,17). The SMILES string of the molecule is Cc1ncccc1NC(=O)C1CC2CCC1N2. The Labute approximate surface area is 101 Å². The number of nitrogens with zero attached hydrogens (tertiary/aromatic N) is 1. The molecule has 1 aromatic heterocycles. The molecule has 2 N–H and O–H groups in total. The molecular formula is C13H17N3O. The van der Waals surface area contributed by atoms with Gasteiger partial charge in [-0.05, 0) is 38.3 Å². The van der Waals surface area contributed by atoms with Crippen molar-refractivity contribution in [2.45, 2.75) is 38.3 Å². The summed E-state index contributed by atoms with van der Waals surface area (Å²) in [5.41, 5.74) is 1.71. The van der Waals surface area contributed by atoms with E-state index in [1.54, 1.807) is 6.20 Å². The molecular weight excluding hydrogens is 214 g/mol. The second-order valence-electron chi connectivity index (χ2n) is 5.02. The van der Waals surface area contributed by atoms with Crippen LogP contribution < -0.4 is 10.6 Å². The quantitative estimate of drug-likeness (QED) is 0.810. The molecule has 0 saturated carbocycles. The Morgan fingerprint density at radius 2 is 2.41 bits per heavy atom. The Kier molecular flexibility index (Phi) is 2.59. The Balaban J connectivity index is 1.70. The number of amides is 1. The summed E-state index contributed by atoms with van der Waals surface area (Å²) in [6.07, 6.45) is 5.08. The lowest BCUT2D eigenvalue weighted by Crippen LogP contribution is -2.33. The fourth-order valence-electron chi connectivity index (χ4n) is 2.96. The van der Waals surface area contributed by atoms with Gasteiger partial charge >= 0.3 is 0 Å². The van der Waals surface area contributed by atoms with Gasteiger partial charge in [-0.2, -0.15) is 0 Å². The minimum absolute atomic E-state index is 0.133. The van der Waals surface area contributed by atoms with Gasteiger partial charge < -0.3 is 10.6 Å². The molecule has 3 rings (SSSR count). The third kappa shape index (κ3) is 1.93. The normalized spacial score (nSPS) is 30.5. The van der Waals surface area contributed by atoms with Gasteiger partial charge in [-0.15, -0.1) is 0 Å². The lowest BCUT2D eigenvalue weighted by molar-refractivity contribution is -0.120. The molecule has 4 heteroatoms. The molecule has 2 aliphatic rings. The third-order valence-corrected chi connectivity index (χ3v) is 3.90. The van der Waals surface area contributed by atoms with Crippen molar-refractivity contribution in [2.75, 3.05) is 5.32 Å². The maximum Gasteiger partial charge on any atom is 0.229 e. The van der Waals surface area contributed by atoms with Crippen LogP contribution in [0.3, 0.4) is 0 Å². The lowest BCUT2D eigenvalue weighted by atomic mass is 9.88. The van der Waals surface area contributed by atoms with Crippen LogP contribution in [0.5, 0.6) is 0 Å². The molecule has 2 fully saturated rings. The molecule has 90 valence electrons. The number of nitrogens with one attached hydrogen (secondary N) is 2. The molecule has 0 aromatic carbocycles. The second kappa shape index (κ2) is 4.11. The molecule has 0 spiro atoms. The average molecular weight is 231 g/mol. The summed E-state index contributed by atoms with van der Waals surface area (Å²) < 4.78 is 0. The lowest BCUT2D eigenvalue weighted by Gasteiger charge is -2.19. The fourth-order valence-corrected chi connectivity index (χ4v) is 2.96. The molecule has 1 amide bonds. The smallest absolute Gasteiger partial charge is 0.229 e. The first-order chi connectivity index (χ1) is 8.24. The van der Waals surface area contributed by atoms with Gasteiger partial charge in [0.25, 0.3) is 0 Å². The van der Waals surface area contributed by atoms with Crippen LogP contribution in [0.25, 0.3) is 0 Å². The predicted molar refractivity (Wildman–Crippen MR) is 65.7 cm³/mol. The molecule has 3 atom stereocenters. The highest BCUT2D eigenvalue weighted by molar-refractivity contribution is 5.93. The molecule has 3 heterocycles. The van der Waals surface area contributed by atoms with Crippen LogP contribution in [-0.2, 0) is 4.79 Å². The minimum atomic E-state index is 0.133. The zero-order chi connectivity index (χ0) is 11.8. The first-order valence-corrected chi connectivity index (χ1v) is 6.22. The Morgan fingerprint density at radius 3 is 3.06 bits per heavy atom. The van der Waals surface area contributed by atoms with E-state index in [1.165, 1.54) is 6.42 Å². The van der Waals surface area contributed by atoms with Crippen LogP contribution >= 0.6 is 0 Å². The van der Waals surface area contributed by atoms with Crippen molar-refractivity contribution >= 4 is 11.6 Å². The van der Waals surface area contributed by atoms with Crippen LogP contribution in [0.4, 0.5) is 5.69 Å². The Hall–Kier alpha value is -1.42. The van der Waals surface area contributed by atoms with E-state index in [0.29, 0.717) is 12.1 Å². The summed E-state index contributed by atoms with van der Waals surface area (Å²) in [5.74, 6) is 0.272. The monoisotopic (exact) mass is 231 g/mol. The van der Waals surface area contributed by atoms with Crippen molar-refractivity contribution in [1.82, 2.24) is 10.3 Å². The van der Waals surface area contributed by atoms with Crippen molar-refractivity contribution in [1.29, 1.82) is 0 Å². The summed E-state index contributed by atoms with van der Waals surface area (Å²) in [6.45, 7) is 1.91. The van der Waals surface area contributed by atoms with E-state index < -0.39 is 0 Å². The molecule has 0 radical (unpaired) electrons. The number of hydrogen-bond acceptors (Lipinski definition) is 3. The van der Waals surface area contributed by atoms with Gasteiger partial charge in [0.05, 0.1) is 17.3 Å².